The minimum Gasteiger partial charge on any atom is -0.337 e. The molecule has 190 valence electrons. The molecule has 0 aliphatic rings. The van der Waals surface area contributed by atoms with Crippen molar-refractivity contribution in [2.45, 2.75) is 19.4 Å². The van der Waals surface area contributed by atoms with Crippen LogP contribution in [0.15, 0.2) is 85.5 Å². The lowest BCUT2D eigenvalue weighted by Gasteiger charge is -2.12. The second-order valence-corrected chi connectivity index (χ2v) is 8.09. The SMILES string of the molecule is Cl.Cl.O=C(CCCn1ccnc1)Nc1ccc2nc(-c3ccc(F)cc3)c(-c3ccc(F)cc3)nc2c1. The minimum absolute atomic E-state index is 0. The van der Waals surface area contributed by atoms with Gasteiger partial charge in [0.05, 0.1) is 28.7 Å². The molecule has 0 aliphatic heterocycles. The molecule has 0 atom stereocenters. The Hall–Kier alpha value is -3.88. The highest BCUT2D eigenvalue weighted by molar-refractivity contribution is 5.94. The smallest absolute Gasteiger partial charge is 0.224 e. The van der Waals surface area contributed by atoms with Crippen molar-refractivity contribution in [2.75, 3.05) is 5.32 Å². The molecule has 1 N–H and O–H groups in total. The van der Waals surface area contributed by atoms with E-state index in [0.29, 0.717) is 58.6 Å². The fourth-order valence-electron chi connectivity index (χ4n) is 3.81. The van der Waals surface area contributed by atoms with Crippen molar-refractivity contribution >= 4 is 47.4 Å². The standard InChI is InChI=1S/C27H21F2N5O.2ClH/c28-20-7-3-18(4-8-20)26-27(19-5-9-21(29)10-6-19)33-24-16-22(11-12-23(24)32-26)31-25(35)2-1-14-34-15-13-30-17-34;;/h3-13,15-17H,1-2,14H2,(H,31,35);2*1H. The molecule has 6 nitrogen and oxygen atoms in total. The first-order valence-corrected chi connectivity index (χ1v) is 11.1. The van der Waals surface area contributed by atoms with Crippen molar-refractivity contribution in [3.8, 4) is 22.5 Å². The van der Waals surface area contributed by atoms with Crippen molar-refractivity contribution in [2.24, 2.45) is 0 Å². The third-order valence-corrected chi connectivity index (χ3v) is 5.56. The van der Waals surface area contributed by atoms with Gasteiger partial charge in [0.1, 0.15) is 11.6 Å². The summed E-state index contributed by atoms with van der Waals surface area (Å²) in [6, 6.07) is 17.3. The maximum atomic E-state index is 13.5. The summed E-state index contributed by atoms with van der Waals surface area (Å²) in [4.78, 5) is 26.0. The van der Waals surface area contributed by atoms with Crippen LogP contribution in [0.25, 0.3) is 33.5 Å². The monoisotopic (exact) mass is 541 g/mol. The second-order valence-electron chi connectivity index (χ2n) is 8.09. The fourth-order valence-corrected chi connectivity index (χ4v) is 3.81. The van der Waals surface area contributed by atoms with Gasteiger partial charge in [-0.25, -0.2) is 23.7 Å². The van der Waals surface area contributed by atoms with Gasteiger partial charge in [0.25, 0.3) is 0 Å². The number of nitrogens with zero attached hydrogens (tertiary/aromatic N) is 4. The normalized spacial score (nSPS) is 10.4. The fraction of sp³-hybridized carbons (Fsp3) is 0.111. The zero-order chi connectivity index (χ0) is 24.2. The van der Waals surface area contributed by atoms with Crippen LogP contribution in [0.5, 0.6) is 0 Å². The number of aromatic nitrogens is 4. The molecular formula is C27H23Cl2F2N5O. The summed E-state index contributed by atoms with van der Waals surface area (Å²) in [5.41, 5.74) is 4.26. The van der Waals surface area contributed by atoms with Crippen LogP contribution < -0.4 is 5.32 Å². The van der Waals surface area contributed by atoms with E-state index < -0.39 is 0 Å². The molecule has 0 aliphatic carbocycles. The zero-order valence-electron chi connectivity index (χ0n) is 19.5. The van der Waals surface area contributed by atoms with Gasteiger partial charge in [-0.15, -0.1) is 24.8 Å². The Labute approximate surface area is 224 Å². The van der Waals surface area contributed by atoms with E-state index in [9.17, 15) is 13.6 Å². The lowest BCUT2D eigenvalue weighted by molar-refractivity contribution is -0.116. The van der Waals surface area contributed by atoms with E-state index in [1.807, 2.05) is 10.8 Å². The number of carbonyl (C=O) groups is 1. The van der Waals surface area contributed by atoms with Crippen LogP contribution in [0.3, 0.4) is 0 Å². The molecule has 3 aromatic carbocycles. The van der Waals surface area contributed by atoms with Gasteiger partial charge < -0.3 is 9.88 Å². The summed E-state index contributed by atoms with van der Waals surface area (Å²) in [7, 11) is 0. The molecule has 0 fully saturated rings. The van der Waals surface area contributed by atoms with Crippen molar-refractivity contribution in [1.29, 1.82) is 0 Å². The highest BCUT2D eigenvalue weighted by Crippen LogP contribution is 2.32. The summed E-state index contributed by atoms with van der Waals surface area (Å²) in [6.45, 7) is 0.712. The Morgan fingerprint density at radius 1 is 0.811 bits per heavy atom. The molecule has 0 unspecified atom stereocenters. The molecule has 10 heteroatoms. The van der Waals surface area contributed by atoms with E-state index in [-0.39, 0.29) is 42.4 Å². The third-order valence-electron chi connectivity index (χ3n) is 5.56. The number of benzene rings is 3. The summed E-state index contributed by atoms with van der Waals surface area (Å²) in [5, 5.41) is 2.91. The Morgan fingerprint density at radius 2 is 1.41 bits per heavy atom. The Morgan fingerprint density at radius 3 is 1.97 bits per heavy atom. The van der Waals surface area contributed by atoms with E-state index in [2.05, 4.69) is 10.3 Å². The van der Waals surface area contributed by atoms with Gasteiger partial charge in [0, 0.05) is 42.2 Å². The summed E-state index contributed by atoms with van der Waals surface area (Å²) < 4.78 is 29.0. The molecule has 0 radical (unpaired) electrons. The number of fused-ring (bicyclic) bond motifs is 1. The minimum atomic E-state index is -0.358. The number of anilines is 1. The van der Waals surface area contributed by atoms with Gasteiger partial charge in [0.2, 0.25) is 5.91 Å². The maximum Gasteiger partial charge on any atom is 0.224 e. The maximum absolute atomic E-state index is 13.5. The summed E-state index contributed by atoms with van der Waals surface area (Å²) in [6.07, 6.45) is 6.34. The van der Waals surface area contributed by atoms with Crippen LogP contribution in [-0.2, 0) is 11.3 Å². The molecule has 5 aromatic rings. The van der Waals surface area contributed by atoms with E-state index in [0.717, 1.165) is 0 Å². The summed E-state index contributed by atoms with van der Waals surface area (Å²) in [5.74, 6) is -0.806. The molecular weight excluding hydrogens is 519 g/mol. The Bertz CT molecular complexity index is 1480. The number of rotatable bonds is 7. The third kappa shape index (κ3) is 6.67. The van der Waals surface area contributed by atoms with Crippen LogP contribution >= 0.6 is 24.8 Å². The van der Waals surface area contributed by atoms with E-state index >= 15 is 0 Å². The van der Waals surface area contributed by atoms with Gasteiger partial charge in [-0.1, -0.05) is 0 Å². The topological polar surface area (TPSA) is 72.7 Å². The lowest BCUT2D eigenvalue weighted by Crippen LogP contribution is -2.12. The number of halogens is 4. The first-order valence-electron chi connectivity index (χ1n) is 11.1. The van der Waals surface area contributed by atoms with E-state index in [1.54, 1.807) is 55.0 Å². The molecule has 0 bridgehead atoms. The first kappa shape index (κ1) is 27.7. The highest BCUT2D eigenvalue weighted by Gasteiger charge is 2.14. The molecule has 37 heavy (non-hydrogen) atoms. The number of carbonyl (C=O) groups excluding carboxylic acids is 1. The number of hydrogen-bond acceptors (Lipinski definition) is 4. The molecule has 0 spiro atoms. The van der Waals surface area contributed by atoms with Crippen molar-refractivity contribution in [3.05, 3.63) is 97.1 Å². The highest BCUT2D eigenvalue weighted by atomic mass is 35.5. The molecule has 0 saturated heterocycles. The quantitative estimate of drug-likeness (QED) is 0.249. The van der Waals surface area contributed by atoms with Gasteiger partial charge in [-0.3, -0.25) is 4.79 Å². The predicted molar refractivity (Wildman–Crippen MR) is 145 cm³/mol. The van der Waals surface area contributed by atoms with Crippen LogP contribution in [0.2, 0.25) is 0 Å². The van der Waals surface area contributed by atoms with Crippen molar-refractivity contribution in [1.82, 2.24) is 19.5 Å². The van der Waals surface area contributed by atoms with E-state index in [4.69, 9.17) is 9.97 Å². The molecule has 1 amide bonds. The van der Waals surface area contributed by atoms with Crippen LogP contribution in [0.4, 0.5) is 14.5 Å². The lowest BCUT2D eigenvalue weighted by atomic mass is 10.0. The number of aryl methyl sites for hydroxylation is 1. The zero-order valence-corrected chi connectivity index (χ0v) is 21.1. The number of nitrogens with one attached hydrogen (secondary N) is 1. The average molecular weight is 542 g/mol. The number of amides is 1. The summed E-state index contributed by atoms with van der Waals surface area (Å²) >= 11 is 0. The van der Waals surface area contributed by atoms with Crippen LogP contribution in [-0.4, -0.2) is 25.4 Å². The van der Waals surface area contributed by atoms with Gasteiger partial charge in [-0.05, 0) is 73.2 Å². The number of hydrogen-bond donors (Lipinski definition) is 1. The first-order chi connectivity index (χ1) is 17.0. The average Bonchev–Trinajstić information content (AvgIpc) is 3.38. The van der Waals surface area contributed by atoms with Crippen molar-refractivity contribution in [3.63, 3.8) is 0 Å². The van der Waals surface area contributed by atoms with Gasteiger partial charge in [0.15, 0.2) is 0 Å². The molecule has 0 saturated carbocycles. The largest absolute Gasteiger partial charge is 0.337 e. The van der Waals surface area contributed by atoms with Crippen LogP contribution in [0, 0.1) is 11.6 Å². The molecule has 5 rings (SSSR count). The Balaban J connectivity index is 0.00000190. The van der Waals surface area contributed by atoms with Gasteiger partial charge >= 0.3 is 0 Å². The second kappa shape index (κ2) is 12.4. The predicted octanol–water partition coefficient (Wildman–Crippen LogP) is 6.70. The van der Waals surface area contributed by atoms with Gasteiger partial charge in [-0.2, -0.15) is 0 Å². The Kier molecular flexibility index (Phi) is 9.27. The molecule has 2 heterocycles. The van der Waals surface area contributed by atoms with Crippen molar-refractivity contribution < 1.29 is 13.6 Å². The van der Waals surface area contributed by atoms with E-state index in [1.165, 1.54) is 24.3 Å². The number of imidazole rings is 1. The van der Waals surface area contributed by atoms with Crippen LogP contribution in [0.1, 0.15) is 12.8 Å². The molecule has 2 aromatic heterocycles.